The van der Waals surface area contributed by atoms with Gasteiger partial charge < -0.3 is 10.2 Å². The second-order valence-corrected chi connectivity index (χ2v) is 5.70. The third kappa shape index (κ3) is 2.99. The van der Waals surface area contributed by atoms with Gasteiger partial charge in [-0.15, -0.1) is 0 Å². The molecule has 1 heterocycles. The van der Waals surface area contributed by atoms with Crippen molar-refractivity contribution in [3.63, 3.8) is 0 Å². The molecule has 0 aromatic heterocycles. The van der Waals surface area contributed by atoms with E-state index in [1.54, 1.807) is 12.1 Å². The highest BCUT2D eigenvalue weighted by molar-refractivity contribution is 9.10. The van der Waals surface area contributed by atoms with E-state index in [1.165, 1.54) is 6.07 Å². The summed E-state index contributed by atoms with van der Waals surface area (Å²) < 4.78 is 14.3. The van der Waals surface area contributed by atoms with Gasteiger partial charge in [0.25, 0.3) is 0 Å². The molecule has 1 fully saturated rings. The van der Waals surface area contributed by atoms with Crippen molar-refractivity contribution in [2.24, 2.45) is 5.92 Å². The average molecular weight is 301 g/mol. The smallest absolute Gasteiger partial charge is 0.125 e. The molecule has 0 spiro atoms. The largest absolute Gasteiger partial charge is 0.368 e. The summed E-state index contributed by atoms with van der Waals surface area (Å²) in [5.74, 6) is 0.410. The van der Waals surface area contributed by atoms with Crippen molar-refractivity contribution in [2.45, 2.75) is 19.9 Å². The van der Waals surface area contributed by atoms with Crippen LogP contribution in [0.3, 0.4) is 0 Å². The number of nitrogens with one attached hydrogen (secondary N) is 1. The Bertz CT molecular complexity index is 395. The Morgan fingerprint density at radius 3 is 2.94 bits per heavy atom. The average Bonchev–Trinajstić information content (AvgIpc) is 2.32. The predicted molar refractivity (Wildman–Crippen MR) is 72.9 cm³/mol. The first-order chi connectivity index (χ1) is 8.08. The second-order valence-electron chi connectivity index (χ2n) is 4.85. The first-order valence-electron chi connectivity index (χ1n) is 6.01. The fourth-order valence-corrected chi connectivity index (χ4v) is 2.67. The van der Waals surface area contributed by atoms with E-state index in [4.69, 9.17) is 0 Å². The van der Waals surface area contributed by atoms with Crippen molar-refractivity contribution in [3.05, 3.63) is 28.5 Å². The number of piperazine rings is 1. The number of hydrogen-bond acceptors (Lipinski definition) is 2. The van der Waals surface area contributed by atoms with E-state index < -0.39 is 0 Å². The lowest BCUT2D eigenvalue weighted by Crippen LogP contribution is -2.53. The van der Waals surface area contributed by atoms with Gasteiger partial charge in [-0.2, -0.15) is 0 Å². The maximum atomic E-state index is 13.3. The van der Waals surface area contributed by atoms with Gasteiger partial charge in [0.05, 0.1) is 5.69 Å². The minimum atomic E-state index is -0.178. The molecule has 0 aliphatic carbocycles. The lowest BCUT2D eigenvalue weighted by molar-refractivity contribution is 0.368. The number of benzene rings is 1. The summed E-state index contributed by atoms with van der Waals surface area (Å²) in [5.41, 5.74) is 0.956. The molecule has 1 unspecified atom stereocenters. The topological polar surface area (TPSA) is 15.3 Å². The number of anilines is 1. The molecule has 17 heavy (non-hydrogen) atoms. The van der Waals surface area contributed by atoms with Gasteiger partial charge in [0.2, 0.25) is 0 Å². The fraction of sp³-hybridized carbons (Fsp3) is 0.538. The zero-order valence-electron chi connectivity index (χ0n) is 10.2. The number of nitrogens with zero attached hydrogens (tertiary/aromatic N) is 1. The lowest BCUT2D eigenvalue weighted by atomic mass is 10.0. The molecular formula is C13H18BrFN2. The van der Waals surface area contributed by atoms with Crippen LogP contribution in [-0.4, -0.2) is 25.7 Å². The molecule has 1 aromatic carbocycles. The summed E-state index contributed by atoms with van der Waals surface area (Å²) in [6.45, 7) is 7.22. The molecule has 1 aromatic rings. The molecule has 4 heteroatoms. The zero-order valence-corrected chi connectivity index (χ0v) is 11.8. The quantitative estimate of drug-likeness (QED) is 0.903. The summed E-state index contributed by atoms with van der Waals surface area (Å²) in [7, 11) is 0. The first kappa shape index (κ1) is 12.8. The Kier molecular flexibility index (Phi) is 4.05. The fourth-order valence-electron chi connectivity index (χ4n) is 2.17. The molecule has 0 amide bonds. The van der Waals surface area contributed by atoms with Crippen LogP contribution >= 0.6 is 15.9 Å². The molecule has 2 nitrogen and oxygen atoms in total. The van der Waals surface area contributed by atoms with Crippen molar-refractivity contribution in [1.29, 1.82) is 0 Å². The van der Waals surface area contributed by atoms with Crippen LogP contribution in [0.4, 0.5) is 10.1 Å². The van der Waals surface area contributed by atoms with Gasteiger partial charge in [0.1, 0.15) is 5.82 Å². The van der Waals surface area contributed by atoms with Crippen LogP contribution in [0.5, 0.6) is 0 Å². The van der Waals surface area contributed by atoms with Crippen LogP contribution in [0.1, 0.15) is 13.8 Å². The standard InChI is InChI=1S/C13H18BrFN2/c1-9(2)12-8-17(6-5-16-12)13-7-10(15)3-4-11(13)14/h3-4,7,9,12,16H,5-6,8H2,1-2H3. The maximum absolute atomic E-state index is 13.3. The maximum Gasteiger partial charge on any atom is 0.125 e. The highest BCUT2D eigenvalue weighted by atomic mass is 79.9. The Hall–Kier alpha value is -0.610. The number of rotatable bonds is 2. The summed E-state index contributed by atoms with van der Waals surface area (Å²) in [5, 5.41) is 3.50. The molecule has 1 N–H and O–H groups in total. The minimum absolute atomic E-state index is 0.178. The lowest BCUT2D eigenvalue weighted by Gasteiger charge is -2.37. The monoisotopic (exact) mass is 300 g/mol. The summed E-state index contributed by atoms with van der Waals surface area (Å²) in [4.78, 5) is 2.24. The third-order valence-corrected chi connectivity index (χ3v) is 3.93. The highest BCUT2D eigenvalue weighted by Gasteiger charge is 2.23. The third-order valence-electron chi connectivity index (χ3n) is 3.26. The van der Waals surface area contributed by atoms with E-state index in [9.17, 15) is 4.39 Å². The van der Waals surface area contributed by atoms with Crippen molar-refractivity contribution < 1.29 is 4.39 Å². The van der Waals surface area contributed by atoms with Crippen molar-refractivity contribution in [3.8, 4) is 0 Å². The normalized spacial score (nSPS) is 21.0. The number of hydrogen-bond donors (Lipinski definition) is 1. The summed E-state index contributed by atoms with van der Waals surface area (Å²) in [6.07, 6.45) is 0. The van der Waals surface area contributed by atoms with Gasteiger partial charge in [-0.1, -0.05) is 13.8 Å². The Morgan fingerprint density at radius 1 is 1.47 bits per heavy atom. The SMILES string of the molecule is CC(C)C1CN(c2cc(F)ccc2Br)CCN1. The molecule has 1 aliphatic rings. The molecular weight excluding hydrogens is 283 g/mol. The molecule has 0 radical (unpaired) electrons. The van der Waals surface area contributed by atoms with Gasteiger partial charge in [0, 0.05) is 30.1 Å². The Labute approximate surface area is 110 Å². The van der Waals surface area contributed by atoms with E-state index >= 15 is 0 Å². The van der Waals surface area contributed by atoms with Crippen LogP contribution in [0.2, 0.25) is 0 Å². The van der Waals surface area contributed by atoms with Crippen molar-refractivity contribution in [2.75, 3.05) is 24.5 Å². The van der Waals surface area contributed by atoms with Gasteiger partial charge in [0.15, 0.2) is 0 Å². The summed E-state index contributed by atoms with van der Waals surface area (Å²) >= 11 is 3.49. The molecule has 1 saturated heterocycles. The van der Waals surface area contributed by atoms with Crippen LogP contribution in [0, 0.1) is 11.7 Å². The van der Waals surface area contributed by atoms with E-state index in [1.807, 2.05) is 0 Å². The Balaban J connectivity index is 2.18. The molecule has 1 atom stereocenters. The minimum Gasteiger partial charge on any atom is -0.368 e. The zero-order chi connectivity index (χ0) is 12.4. The molecule has 1 aliphatic heterocycles. The van der Waals surface area contributed by atoms with E-state index in [0.29, 0.717) is 12.0 Å². The second kappa shape index (κ2) is 5.36. The Morgan fingerprint density at radius 2 is 2.24 bits per heavy atom. The summed E-state index contributed by atoms with van der Waals surface area (Å²) in [6, 6.07) is 5.33. The van der Waals surface area contributed by atoms with Crippen molar-refractivity contribution >= 4 is 21.6 Å². The molecule has 0 saturated carbocycles. The van der Waals surface area contributed by atoms with Gasteiger partial charge >= 0.3 is 0 Å². The molecule has 2 rings (SSSR count). The molecule has 0 bridgehead atoms. The molecule has 94 valence electrons. The first-order valence-corrected chi connectivity index (χ1v) is 6.80. The highest BCUT2D eigenvalue weighted by Crippen LogP contribution is 2.28. The van der Waals surface area contributed by atoms with E-state index in [2.05, 4.69) is 40.0 Å². The van der Waals surface area contributed by atoms with E-state index in [0.717, 1.165) is 29.8 Å². The van der Waals surface area contributed by atoms with Crippen LogP contribution in [-0.2, 0) is 0 Å². The van der Waals surface area contributed by atoms with Gasteiger partial charge in [-0.05, 0) is 40.0 Å². The van der Waals surface area contributed by atoms with Gasteiger partial charge in [-0.3, -0.25) is 0 Å². The van der Waals surface area contributed by atoms with Crippen LogP contribution < -0.4 is 10.2 Å². The predicted octanol–water partition coefficient (Wildman–Crippen LogP) is 3.02. The van der Waals surface area contributed by atoms with Gasteiger partial charge in [-0.25, -0.2) is 4.39 Å². The van der Waals surface area contributed by atoms with Crippen LogP contribution in [0.15, 0.2) is 22.7 Å². The van der Waals surface area contributed by atoms with Crippen molar-refractivity contribution in [1.82, 2.24) is 5.32 Å². The van der Waals surface area contributed by atoms with E-state index in [-0.39, 0.29) is 5.82 Å². The number of halogens is 2. The van der Waals surface area contributed by atoms with Crippen LogP contribution in [0.25, 0.3) is 0 Å².